The van der Waals surface area contributed by atoms with E-state index in [0.29, 0.717) is 0 Å². The average Bonchev–Trinajstić information content (AvgIpc) is 2.25. The largest absolute Gasteiger partial charge is 0.260 e. The first-order valence-corrected chi connectivity index (χ1v) is 7.35. The summed E-state index contributed by atoms with van der Waals surface area (Å²) in [7, 11) is 0. The van der Waals surface area contributed by atoms with E-state index in [2.05, 4.69) is 86.5 Å². The van der Waals surface area contributed by atoms with Gasteiger partial charge in [-0.2, -0.15) is 0 Å². The maximum atomic E-state index is 4.57. The molecule has 0 fully saturated rings. The van der Waals surface area contributed by atoms with E-state index in [1.807, 2.05) is 6.20 Å². The summed E-state index contributed by atoms with van der Waals surface area (Å²) in [6, 6.07) is 8.89. The van der Waals surface area contributed by atoms with Crippen molar-refractivity contribution < 1.29 is 0 Å². The fourth-order valence-electron chi connectivity index (χ4n) is 1.92. The lowest BCUT2D eigenvalue weighted by Crippen LogP contribution is -2.13. The number of hydrogen-bond donors (Lipinski definition) is 0. The first-order valence-electron chi connectivity index (χ1n) is 6.27. The summed E-state index contributed by atoms with van der Waals surface area (Å²) in [4.78, 5) is 4.57. The molecule has 18 heavy (non-hydrogen) atoms. The number of hydrogen-bond acceptors (Lipinski definition) is 1. The molecule has 0 saturated heterocycles. The topological polar surface area (TPSA) is 12.9 Å². The second kappa shape index (κ2) is 4.48. The number of aromatic nitrogens is 1. The molecule has 0 atom stereocenters. The summed E-state index contributed by atoms with van der Waals surface area (Å²) in [6.07, 6.45) is 1.99. The maximum Gasteiger partial charge on any atom is 0.0463 e. The van der Waals surface area contributed by atoms with E-state index in [4.69, 9.17) is 0 Å². The normalized spacial score (nSPS) is 13.0. The summed E-state index contributed by atoms with van der Waals surface area (Å²) in [6.45, 7) is 11.1. The molecular formula is C16H20IN. The molecule has 0 saturated carbocycles. The molecule has 96 valence electrons. The number of alkyl halides is 1. The Kier molecular flexibility index (Phi) is 3.43. The Morgan fingerprint density at radius 3 is 2.17 bits per heavy atom. The molecule has 1 heterocycles. The minimum Gasteiger partial charge on any atom is -0.260 e. The lowest BCUT2D eigenvalue weighted by atomic mass is 9.90. The monoisotopic (exact) mass is 353 g/mol. The van der Waals surface area contributed by atoms with E-state index in [0.717, 1.165) is 5.69 Å². The Labute approximate surface area is 123 Å². The lowest BCUT2D eigenvalue weighted by molar-refractivity contribution is 0.570. The van der Waals surface area contributed by atoms with Crippen LogP contribution >= 0.6 is 22.6 Å². The van der Waals surface area contributed by atoms with Crippen molar-refractivity contribution in [1.82, 2.24) is 4.98 Å². The predicted octanol–water partition coefficient (Wildman–Crippen LogP) is 5.20. The molecule has 0 unspecified atom stereocenters. The Balaban J connectivity index is 2.61. The molecule has 0 aliphatic heterocycles. The van der Waals surface area contributed by atoms with E-state index in [-0.39, 0.29) is 8.84 Å². The highest BCUT2D eigenvalue weighted by atomic mass is 127. The number of halogens is 1. The Bertz CT molecular complexity index is 525. The van der Waals surface area contributed by atoms with Crippen molar-refractivity contribution in [2.45, 2.75) is 43.5 Å². The first kappa shape index (κ1) is 13.8. The van der Waals surface area contributed by atoms with Crippen molar-refractivity contribution in [2.75, 3.05) is 0 Å². The predicted molar refractivity (Wildman–Crippen MR) is 87.5 cm³/mol. The zero-order valence-corrected chi connectivity index (χ0v) is 13.9. The molecule has 2 aromatic rings. The number of fused-ring (bicyclic) bond motifs is 1. The van der Waals surface area contributed by atoms with Crippen LogP contribution in [0.2, 0.25) is 0 Å². The van der Waals surface area contributed by atoms with E-state index in [9.17, 15) is 0 Å². The van der Waals surface area contributed by atoms with Gasteiger partial charge >= 0.3 is 0 Å². The van der Waals surface area contributed by atoms with Crippen LogP contribution in [0.25, 0.3) is 10.8 Å². The third-order valence-corrected chi connectivity index (χ3v) is 3.80. The molecule has 0 amide bonds. The summed E-state index contributed by atoms with van der Waals surface area (Å²) >= 11 is 2.48. The molecular weight excluding hydrogens is 333 g/mol. The van der Waals surface area contributed by atoms with Crippen LogP contribution in [-0.2, 0) is 8.84 Å². The summed E-state index contributed by atoms with van der Waals surface area (Å²) in [5.74, 6) is 0. The van der Waals surface area contributed by atoms with Crippen molar-refractivity contribution in [1.29, 1.82) is 0 Å². The van der Waals surface area contributed by atoms with Crippen molar-refractivity contribution >= 4 is 33.4 Å². The van der Waals surface area contributed by atoms with Crippen molar-refractivity contribution in [3.05, 3.63) is 41.7 Å². The van der Waals surface area contributed by atoms with E-state index in [1.165, 1.54) is 16.3 Å². The van der Waals surface area contributed by atoms with Crippen molar-refractivity contribution in [2.24, 2.45) is 0 Å². The van der Waals surface area contributed by atoms with Crippen LogP contribution < -0.4 is 0 Å². The number of benzene rings is 1. The van der Waals surface area contributed by atoms with Crippen LogP contribution in [0.5, 0.6) is 0 Å². The second-order valence-electron chi connectivity index (χ2n) is 6.35. The van der Waals surface area contributed by atoms with Crippen LogP contribution in [0, 0.1) is 0 Å². The highest BCUT2D eigenvalue weighted by Crippen LogP contribution is 2.33. The fraction of sp³-hybridized carbons (Fsp3) is 0.438. The summed E-state index contributed by atoms with van der Waals surface area (Å²) in [5.41, 5.74) is 2.62. The molecule has 1 aromatic carbocycles. The maximum absolute atomic E-state index is 4.57. The summed E-state index contributed by atoms with van der Waals surface area (Å²) < 4.78 is 0.164. The molecule has 1 aromatic heterocycles. The number of rotatable bonds is 1. The van der Waals surface area contributed by atoms with Crippen LogP contribution in [0.4, 0.5) is 0 Å². The lowest BCUT2D eigenvalue weighted by Gasteiger charge is -2.20. The standard InChI is InChI=1S/C16H20IN/c1-15(2,3)14-9-12-8-13(16(4,5)17)7-6-11(12)10-18-14/h6-10H,1-5H3. The van der Waals surface area contributed by atoms with Gasteiger partial charge in [0, 0.05) is 26.1 Å². The number of nitrogens with zero attached hydrogens (tertiary/aromatic N) is 1. The van der Waals surface area contributed by atoms with Gasteiger partial charge in [0.15, 0.2) is 0 Å². The zero-order valence-electron chi connectivity index (χ0n) is 11.7. The van der Waals surface area contributed by atoms with E-state index >= 15 is 0 Å². The van der Waals surface area contributed by atoms with Gasteiger partial charge in [-0.15, -0.1) is 0 Å². The molecule has 0 spiro atoms. The highest BCUT2D eigenvalue weighted by Gasteiger charge is 2.18. The van der Waals surface area contributed by atoms with Gasteiger partial charge in [0.05, 0.1) is 0 Å². The van der Waals surface area contributed by atoms with Gasteiger partial charge in [0.2, 0.25) is 0 Å². The third kappa shape index (κ3) is 2.85. The van der Waals surface area contributed by atoms with Gasteiger partial charge in [0.1, 0.15) is 0 Å². The Hall–Kier alpha value is -0.640. The van der Waals surface area contributed by atoms with Crippen LogP contribution in [0.3, 0.4) is 0 Å². The smallest absolute Gasteiger partial charge is 0.0463 e. The highest BCUT2D eigenvalue weighted by molar-refractivity contribution is 14.1. The van der Waals surface area contributed by atoms with Gasteiger partial charge in [-0.1, -0.05) is 55.5 Å². The zero-order chi connectivity index (χ0) is 13.6. The molecule has 0 aliphatic rings. The third-order valence-electron chi connectivity index (χ3n) is 3.18. The van der Waals surface area contributed by atoms with Crippen LogP contribution in [0.1, 0.15) is 45.9 Å². The van der Waals surface area contributed by atoms with Gasteiger partial charge in [-0.3, -0.25) is 4.98 Å². The van der Waals surface area contributed by atoms with Gasteiger partial charge in [-0.05, 0) is 36.9 Å². The van der Waals surface area contributed by atoms with Crippen LogP contribution in [0.15, 0.2) is 30.5 Å². The van der Waals surface area contributed by atoms with E-state index < -0.39 is 0 Å². The fourth-order valence-corrected chi connectivity index (χ4v) is 2.26. The number of pyridine rings is 1. The molecule has 2 rings (SSSR count). The van der Waals surface area contributed by atoms with Gasteiger partial charge in [-0.25, -0.2) is 0 Å². The Morgan fingerprint density at radius 1 is 0.944 bits per heavy atom. The molecule has 0 N–H and O–H groups in total. The molecule has 1 nitrogen and oxygen atoms in total. The molecule has 0 radical (unpaired) electrons. The van der Waals surface area contributed by atoms with Crippen molar-refractivity contribution in [3.8, 4) is 0 Å². The quantitative estimate of drug-likeness (QED) is 0.507. The average molecular weight is 353 g/mol. The van der Waals surface area contributed by atoms with Gasteiger partial charge in [0.25, 0.3) is 0 Å². The molecule has 0 bridgehead atoms. The second-order valence-corrected chi connectivity index (χ2v) is 9.05. The summed E-state index contributed by atoms with van der Waals surface area (Å²) in [5, 5.41) is 2.50. The van der Waals surface area contributed by atoms with Crippen molar-refractivity contribution in [3.63, 3.8) is 0 Å². The Morgan fingerprint density at radius 2 is 1.61 bits per heavy atom. The molecule has 2 heteroatoms. The first-order chi connectivity index (χ1) is 8.18. The van der Waals surface area contributed by atoms with E-state index in [1.54, 1.807) is 0 Å². The SMILES string of the molecule is CC(C)(C)c1cc2cc(C(C)(C)I)ccc2cn1. The van der Waals surface area contributed by atoms with Gasteiger partial charge < -0.3 is 0 Å². The van der Waals surface area contributed by atoms with Crippen LogP contribution in [-0.4, -0.2) is 4.98 Å². The minimum absolute atomic E-state index is 0.101. The minimum atomic E-state index is 0.101. The molecule has 0 aliphatic carbocycles.